The Kier molecular flexibility index (Phi) is 4.77. The number of alkyl halides is 3. The third-order valence-electron chi connectivity index (χ3n) is 5.25. The maximum Gasteiger partial charge on any atom is 0.490 e. The number of anilines is 1. The standard InChI is InChI=1S/C15H19N3O2.C2HF3O2/c1-8-4-12(18-13(16-8)9-2-3-9)17-11-5-10-6-15(10,7-11)14(19)20;3-2(4,5)1(6)7/h4,9-11H,2-3,5-7H2,1H3,(H,19,20)(H,16,17,18);(H,6,7)/t10-,11+,15+;/m0./s1. The highest BCUT2D eigenvalue weighted by molar-refractivity contribution is 5.79. The summed E-state index contributed by atoms with van der Waals surface area (Å²) in [6, 6.07) is 2.20. The van der Waals surface area contributed by atoms with Gasteiger partial charge in [0.25, 0.3) is 0 Å². The molecule has 0 unspecified atom stereocenters. The molecular formula is C17H20F3N3O4. The average Bonchev–Trinajstić information content (AvgIpc) is 3.44. The Morgan fingerprint density at radius 3 is 2.33 bits per heavy atom. The van der Waals surface area contributed by atoms with E-state index in [2.05, 4.69) is 15.3 Å². The zero-order chi connectivity index (χ0) is 20.0. The van der Waals surface area contributed by atoms with Crippen LogP contribution in [0.5, 0.6) is 0 Å². The molecule has 3 atom stereocenters. The van der Waals surface area contributed by atoms with Crippen molar-refractivity contribution in [2.45, 2.75) is 57.2 Å². The molecule has 27 heavy (non-hydrogen) atoms. The lowest BCUT2D eigenvalue weighted by molar-refractivity contribution is -0.192. The summed E-state index contributed by atoms with van der Waals surface area (Å²) in [4.78, 5) is 29.3. The second-order valence-corrected chi connectivity index (χ2v) is 7.47. The molecule has 0 bridgehead atoms. The zero-order valence-corrected chi connectivity index (χ0v) is 14.6. The van der Waals surface area contributed by atoms with Crippen molar-refractivity contribution in [1.29, 1.82) is 0 Å². The van der Waals surface area contributed by atoms with Crippen LogP contribution in [0.4, 0.5) is 19.0 Å². The van der Waals surface area contributed by atoms with Gasteiger partial charge < -0.3 is 15.5 Å². The fourth-order valence-corrected chi connectivity index (χ4v) is 3.66. The number of nitrogens with one attached hydrogen (secondary N) is 1. The van der Waals surface area contributed by atoms with Gasteiger partial charge in [-0.25, -0.2) is 14.8 Å². The number of aryl methyl sites for hydroxylation is 1. The molecule has 148 valence electrons. The first kappa shape index (κ1) is 19.4. The number of hydrogen-bond donors (Lipinski definition) is 3. The van der Waals surface area contributed by atoms with Crippen molar-refractivity contribution in [3.05, 3.63) is 17.6 Å². The maximum atomic E-state index is 11.3. The molecule has 7 nitrogen and oxygen atoms in total. The minimum absolute atomic E-state index is 0.242. The second-order valence-electron chi connectivity index (χ2n) is 7.47. The summed E-state index contributed by atoms with van der Waals surface area (Å²) in [5.41, 5.74) is 0.555. The minimum atomic E-state index is -5.08. The Hall–Kier alpha value is -2.39. The van der Waals surface area contributed by atoms with Crippen LogP contribution >= 0.6 is 0 Å². The van der Waals surface area contributed by atoms with Gasteiger partial charge in [0.2, 0.25) is 0 Å². The molecule has 1 aromatic heterocycles. The predicted octanol–water partition coefficient (Wildman–Crippen LogP) is 2.96. The van der Waals surface area contributed by atoms with E-state index in [4.69, 9.17) is 9.90 Å². The molecule has 3 aliphatic rings. The van der Waals surface area contributed by atoms with Crippen molar-refractivity contribution in [2.75, 3.05) is 5.32 Å². The van der Waals surface area contributed by atoms with Crippen LogP contribution < -0.4 is 5.32 Å². The Labute approximate surface area is 153 Å². The van der Waals surface area contributed by atoms with E-state index >= 15 is 0 Å². The Bertz CT molecular complexity index is 766. The predicted molar refractivity (Wildman–Crippen MR) is 87.3 cm³/mol. The third-order valence-corrected chi connectivity index (χ3v) is 5.25. The van der Waals surface area contributed by atoms with Crippen LogP contribution in [-0.2, 0) is 9.59 Å². The van der Waals surface area contributed by atoms with Crippen LogP contribution in [0, 0.1) is 18.3 Å². The number of rotatable bonds is 4. The highest BCUT2D eigenvalue weighted by Crippen LogP contribution is 2.63. The van der Waals surface area contributed by atoms with Gasteiger partial charge in [-0.05, 0) is 44.9 Å². The SMILES string of the molecule is Cc1cc(N[C@@H]2C[C@H]3C[C@@]3(C(=O)O)C2)nc(C2CC2)n1.O=C(O)C(F)(F)F. The number of aliphatic carboxylic acids is 2. The number of carboxylic acids is 2. The number of fused-ring (bicyclic) bond motifs is 1. The second kappa shape index (κ2) is 6.65. The summed E-state index contributed by atoms with van der Waals surface area (Å²) in [5.74, 6) is -0.659. The first-order valence-electron chi connectivity index (χ1n) is 8.67. The molecule has 3 N–H and O–H groups in total. The first-order valence-corrected chi connectivity index (χ1v) is 8.67. The molecule has 3 aliphatic carbocycles. The summed E-state index contributed by atoms with van der Waals surface area (Å²) in [6.45, 7) is 1.99. The van der Waals surface area contributed by atoms with E-state index in [1.807, 2.05) is 13.0 Å². The van der Waals surface area contributed by atoms with Crippen molar-refractivity contribution < 1.29 is 33.0 Å². The molecular weight excluding hydrogens is 367 g/mol. The van der Waals surface area contributed by atoms with Crippen molar-refractivity contribution in [3.8, 4) is 0 Å². The molecule has 0 radical (unpaired) electrons. The number of aromatic nitrogens is 2. The Balaban J connectivity index is 0.000000260. The summed E-state index contributed by atoms with van der Waals surface area (Å²) in [7, 11) is 0. The fraction of sp³-hybridized carbons (Fsp3) is 0.647. The van der Waals surface area contributed by atoms with Crippen molar-refractivity contribution in [1.82, 2.24) is 9.97 Å². The number of nitrogens with zero attached hydrogens (tertiary/aromatic N) is 2. The van der Waals surface area contributed by atoms with Gasteiger partial charge in [-0.1, -0.05) is 0 Å². The van der Waals surface area contributed by atoms with Crippen LogP contribution in [0.3, 0.4) is 0 Å². The number of halogens is 3. The fourth-order valence-electron chi connectivity index (χ4n) is 3.66. The monoisotopic (exact) mass is 387 g/mol. The molecule has 10 heteroatoms. The largest absolute Gasteiger partial charge is 0.490 e. The summed E-state index contributed by atoms with van der Waals surface area (Å²) >= 11 is 0. The number of carbonyl (C=O) groups is 2. The van der Waals surface area contributed by atoms with Crippen molar-refractivity contribution in [3.63, 3.8) is 0 Å². The topological polar surface area (TPSA) is 112 Å². The van der Waals surface area contributed by atoms with Gasteiger partial charge in [-0.3, -0.25) is 4.79 Å². The number of hydrogen-bond acceptors (Lipinski definition) is 5. The lowest BCUT2D eigenvalue weighted by atomic mass is 10.0. The average molecular weight is 387 g/mol. The van der Waals surface area contributed by atoms with Crippen LogP contribution in [0.15, 0.2) is 6.07 Å². The molecule has 0 aromatic carbocycles. The van der Waals surface area contributed by atoms with Crippen LogP contribution in [0.2, 0.25) is 0 Å². The van der Waals surface area contributed by atoms with Crippen LogP contribution in [-0.4, -0.2) is 44.3 Å². The number of carboxylic acid groups (broad SMARTS) is 2. The molecule has 4 rings (SSSR count). The normalized spacial score (nSPS) is 28.6. The van der Waals surface area contributed by atoms with E-state index in [1.54, 1.807) is 0 Å². The molecule has 0 spiro atoms. The van der Waals surface area contributed by atoms with Gasteiger partial charge in [-0.2, -0.15) is 13.2 Å². The van der Waals surface area contributed by atoms with Crippen molar-refractivity contribution >= 4 is 17.8 Å². The van der Waals surface area contributed by atoms with E-state index in [0.29, 0.717) is 11.8 Å². The highest BCUT2D eigenvalue weighted by atomic mass is 19.4. The smallest absolute Gasteiger partial charge is 0.481 e. The highest BCUT2D eigenvalue weighted by Gasteiger charge is 2.65. The van der Waals surface area contributed by atoms with E-state index in [-0.39, 0.29) is 6.04 Å². The van der Waals surface area contributed by atoms with Gasteiger partial charge in [0, 0.05) is 23.7 Å². The summed E-state index contributed by atoms with van der Waals surface area (Å²) in [5, 5.41) is 19.9. The van der Waals surface area contributed by atoms with E-state index in [9.17, 15) is 23.1 Å². The van der Waals surface area contributed by atoms with Crippen molar-refractivity contribution in [2.24, 2.45) is 11.3 Å². The maximum absolute atomic E-state index is 11.3. The molecule has 1 heterocycles. The third kappa shape index (κ3) is 4.30. The molecule has 1 aromatic rings. The summed E-state index contributed by atoms with van der Waals surface area (Å²) < 4.78 is 31.7. The molecule has 0 aliphatic heterocycles. The molecule has 3 saturated carbocycles. The van der Waals surface area contributed by atoms with Crippen LogP contribution in [0.1, 0.15) is 49.5 Å². The van der Waals surface area contributed by atoms with Crippen LogP contribution in [0.25, 0.3) is 0 Å². The van der Waals surface area contributed by atoms with E-state index < -0.39 is 23.5 Å². The Morgan fingerprint density at radius 2 is 1.85 bits per heavy atom. The molecule has 0 amide bonds. The van der Waals surface area contributed by atoms with E-state index in [0.717, 1.165) is 36.6 Å². The van der Waals surface area contributed by atoms with Gasteiger partial charge >= 0.3 is 18.1 Å². The summed E-state index contributed by atoms with van der Waals surface area (Å²) in [6.07, 6.45) is -0.160. The minimum Gasteiger partial charge on any atom is -0.481 e. The van der Waals surface area contributed by atoms with Gasteiger partial charge in [0.15, 0.2) is 0 Å². The lowest BCUT2D eigenvalue weighted by Crippen LogP contribution is -2.23. The van der Waals surface area contributed by atoms with Gasteiger partial charge in [0.05, 0.1) is 5.41 Å². The Morgan fingerprint density at radius 1 is 1.22 bits per heavy atom. The van der Waals surface area contributed by atoms with Gasteiger partial charge in [-0.15, -0.1) is 0 Å². The first-order chi connectivity index (χ1) is 12.5. The molecule has 3 fully saturated rings. The van der Waals surface area contributed by atoms with E-state index in [1.165, 1.54) is 12.8 Å². The lowest BCUT2D eigenvalue weighted by Gasteiger charge is -2.17. The quantitative estimate of drug-likeness (QED) is 0.728. The molecule has 0 saturated heterocycles. The zero-order valence-electron chi connectivity index (χ0n) is 14.6. The van der Waals surface area contributed by atoms with Gasteiger partial charge in [0.1, 0.15) is 11.6 Å².